The van der Waals surface area contributed by atoms with Gasteiger partial charge < -0.3 is 14.0 Å². The predicted molar refractivity (Wildman–Crippen MR) is 112 cm³/mol. The Morgan fingerprint density at radius 3 is 2.52 bits per heavy atom. The number of ether oxygens (including phenoxy) is 2. The number of nitrogens with zero attached hydrogens (tertiary/aromatic N) is 2. The average Bonchev–Trinajstić information content (AvgIpc) is 3.35. The predicted octanol–water partition coefficient (Wildman–Crippen LogP) is 3.90. The molecule has 0 spiro atoms. The quantitative estimate of drug-likeness (QED) is 0.636. The van der Waals surface area contributed by atoms with Crippen LogP contribution in [0, 0.1) is 12.3 Å². The molecule has 3 aromatic rings. The maximum absolute atomic E-state index is 13.4. The Kier molecular flexibility index (Phi) is 4.00. The van der Waals surface area contributed by atoms with Gasteiger partial charge in [0.1, 0.15) is 11.2 Å². The summed E-state index contributed by atoms with van der Waals surface area (Å²) in [6, 6.07) is 16.6. The van der Waals surface area contributed by atoms with Gasteiger partial charge in [0.2, 0.25) is 0 Å². The molecule has 2 aliphatic heterocycles. The molecule has 3 atom stereocenters. The van der Waals surface area contributed by atoms with Crippen molar-refractivity contribution in [1.82, 2.24) is 9.47 Å². The van der Waals surface area contributed by atoms with Gasteiger partial charge in [0.25, 0.3) is 0 Å². The van der Waals surface area contributed by atoms with Gasteiger partial charge in [-0.2, -0.15) is 0 Å². The van der Waals surface area contributed by atoms with E-state index in [1.54, 1.807) is 7.11 Å². The van der Waals surface area contributed by atoms with Crippen LogP contribution in [-0.2, 0) is 16.1 Å². The molecule has 0 saturated carbocycles. The van der Waals surface area contributed by atoms with Crippen molar-refractivity contribution in [3.63, 3.8) is 0 Å². The molecule has 0 N–H and O–H groups in total. The summed E-state index contributed by atoms with van der Waals surface area (Å²) in [5.74, 6) is 0.747. The second kappa shape index (κ2) is 6.36. The first-order chi connectivity index (χ1) is 14.0. The van der Waals surface area contributed by atoms with E-state index >= 15 is 0 Å². The Balaban J connectivity index is 1.71. The topological polar surface area (TPSA) is 43.7 Å². The molecule has 0 bridgehead atoms. The van der Waals surface area contributed by atoms with E-state index in [0.717, 1.165) is 17.9 Å². The first-order valence-corrected chi connectivity index (χ1v) is 10.0. The number of aromatic nitrogens is 1. The summed E-state index contributed by atoms with van der Waals surface area (Å²) < 4.78 is 13.1. The van der Waals surface area contributed by atoms with Crippen LogP contribution in [-0.4, -0.2) is 43.2 Å². The van der Waals surface area contributed by atoms with Crippen molar-refractivity contribution in [3.05, 3.63) is 65.4 Å². The molecule has 0 radical (unpaired) electrons. The largest absolute Gasteiger partial charge is 0.497 e. The average molecular weight is 390 g/mol. The van der Waals surface area contributed by atoms with Gasteiger partial charge in [0, 0.05) is 35.6 Å². The van der Waals surface area contributed by atoms with Gasteiger partial charge in [-0.15, -0.1) is 0 Å². The molecule has 0 amide bonds. The summed E-state index contributed by atoms with van der Waals surface area (Å²) in [6.45, 7) is 3.62. The molecule has 5 rings (SSSR count). The van der Waals surface area contributed by atoms with E-state index in [1.165, 1.54) is 29.3 Å². The third kappa shape index (κ3) is 2.28. The Labute approximate surface area is 170 Å². The van der Waals surface area contributed by atoms with E-state index in [-0.39, 0.29) is 17.9 Å². The normalized spacial score (nSPS) is 25.8. The summed E-state index contributed by atoms with van der Waals surface area (Å²) in [6.07, 6.45) is 0. The molecule has 1 aromatic heterocycles. The minimum absolute atomic E-state index is 0.00514. The number of hydrogen-bond donors (Lipinski definition) is 0. The molecule has 29 heavy (non-hydrogen) atoms. The van der Waals surface area contributed by atoms with Gasteiger partial charge >= 0.3 is 5.97 Å². The number of benzene rings is 2. The van der Waals surface area contributed by atoms with Crippen LogP contribution < -0.4 is 4.74 Å². The Bertz CT molecular complexity index is 1100. The van der Waals surface area contributed by atoms with E-state index < -0.39 is 5.41 Å². The lowest BCUT2D eigenvalue weighted by atomic mass is 9.70. The number of rotatable bonds is 3. The number of carbonyl (C=O) groups excluding carboxylic acids is 1. The lowest BCUT2D eigenvalue weighted by Crippen LogP contribution is -2.40. The molecule has 2 aliphatic rings. The number of aryl methyl sites for hydroxylation is 1. The maximum atomic E-state index is 13.4. The van der Waals surface area contributed by atoms with Crippen LogP contribution in [0.15, 0.2) is 48.5 Å². The molecule has 0 aliphatic carbocycles. The van der Waals surface area contributed by atoms with E-state index in [2.05, 4.69) is 59.8 Å². The highest BCUT2D eigenvalue weighted by atomic mass is 16.5. The highest BCUT2D eigenvalue weighted by molar-refractivity contribution is 5.89. The van der Waals surface area contributed by atoms with Gasteiger partial charge in [0.05, 0.1) is 20.3 Å². The summed E-state index contributed by atoms with van der Waals surface area (Å²) in [7, 11) is 5.30. The van der Waals surface area contributed by atoms with E-state index in [0.29, 0.717) is 6.54 Å². The Hall–Kier alpha value is -2.79. The molecule has 150 valence electrons. The van der Waals surface area contributed by atoms with E-state index in [1.807, 2.05) is 12.1 Å². The van der Waals surface area contributed by atoms with Gasteiger partial charge in [-0.05, 0) is 43.3 Å². The third-order valence-electron chi connectivity index (χ3n) is 7.06. The first kappa shape index (κ1) is 18.3. The molecule has 5 nitrogen and oxygen atoms in total. The molecular formula is C24H26N2O3. The van der Waals surface area contributed by atoms with Crippen molar-refractivity contribution < 1.29 is 14.3 Å². The summed E-state index contributed by atoms with van der Waals surface area (Å²) in [5.41, 5.74) is 4.22. The number of esters is 1. The zero-order valence-electron chi connectivity index (χ0n) is 17.3. The molecule has 2 aromatic carbocycles. The monoisotopic (exact) mass is 390 g/mol. The summed E-state index contributed by atoms with van der Waals surface area (Å²) in [4.78, 5) is 15.7. The van der Waals surface area contributed by atoms with Crippen LogP contribution in [0.3, 0.4) is 0 Å². The molecule has 5 heteroatoms. The number of likely N-dealkylation sites (tertiary alicyclic amines) is 1. The first-order valence-electron chi connectivity index (χ1n) is 10.0. The Morgan fingerprint density at radius 2 is 1.83 bits per heavy atom. The SMILES string of the molecule is COC(=O)C12Cn3c(c(C)c4ccccc43)C1N(C)CC2c1ccc(OC)cc1. The van der Waals surface area contributed by atoms with Crippen molar-refractivity contribution in [2.75, 3.05) is 27.8 Å². The summed E-state index contributed by atoms with van der Waals surface area (Å²) in [5, 5.41) is 1.27. The van der Waals surface area contributed by atoms with Crippen molar-refractivity contribution in [1.29, 1.82) is 0 Å². The van der Waals surface area contributed by atoms with Crippen molar-refractivity contribution in [2.45, 2.75) is 25.4 Å². The fourth-order valence-electron chi connectivity index (χ4n) is 5.82. The third-order valence-corrected chi connectivity index (χ3v) is 7.06. The molecule has 3 heterocycles. The van der Waals surface area contributed by atoms with Crippen molar-refractivity contribution in [3.8, 4) is 5.75 Å². The fraction of sp³-hybridized carbons (Fsp3) is 0.375. The lowest BCUT2D eigenvalue weighted by molar-refractivity contribution is -0.155. The molecule has 1 fully saturated rings. The van der Waals surface area contributed by atoms with E-state index in [4.69, 9.17) is 9.47 Å². The van der Waals surface area contributed by atoms with Crippen LogP contribution in [0.2, 0.25) is 0 Å². The minimum Gasteiger partial charge on any atom is -0.497 e. The van der Waals surface area contributed by atoms with Crippen LogP contribution in [0.5, 0.6) is 5.75 Å². The van der Waals surface area contributed by atoms with Crippen LogP contribution in [0.4, 0.5) is 0 Å². The number of likely N-dealkylation sites (N-methyl/N-ethyl adjacent to an activating group) is 1. The highest BCUT2D eigenvalue weighted by Crippen LogP contribution is 2.61. The van der Waals surface area contributed by atoms with Gasteiger partial charge in [-0.1, -0.05) is 30.3 Å². The number of methoxy groups -OCH3 is 2. The van der Waals surface area contributed by atoms with E-state index in [9.17, 15) is 4.79 Å². The molecule has 1 saturated heterocycles. The number of hydrogen-bond acceptors (Lipinski definition) is 4. The number of para-hydroxylation sites is 1. The minimum atomic E-state index is -0.637. The van der Waals surface area contributed by atoms with Crippen molar-refractivity contribution >= 4 is 16.9 Å². The second-order valence-electron chi connectivity index (χ2n) is 8.31. The second-order valence-corrected chi connectivity index (χ2v) is 8.31. The lowest BCUT2D eigenvalue weighted by Gasteiger charge is -2.32. The summed E-state index contributed by atoms with van der Waals surface area (Å²) >= 11 is 0. The molecule has 3 unspecified atom stereocenters. The molecular weight excluding hydrogens is 364 g/mol. The van der Waals surface area contributed by atoms with Crippen LogP contribution in [0.25, 0.3) is 10.9 Å². The fourth-order valence-corrected chi connectivity index (χ4v) is 5.82. The highest BCUT2D eigenvalue weighted by Gasteiger charge is 2.64. The zero-order chi connectivity index (χ0) is 20.3. The zero-order valence-corrected chi connectivity index (χ0v) is 17.3. The standard InChI is InChI=1S/C24H26N2O3/c1-15-18-7-5-6-8-20(18)26-14-24(23(27)29-4)19(13-25(2)22(24)21(15)26)16-9-11-17(28-3)12-10-16/h5-12,19,22H,13-14H2,1-4H3. The van der Waals surface area contributed by atoms with Crippen LogP contribution >= 0.6 is 0 Å². The Morgan fingerprint density at radius 1 is 1.10 bits per heavy atom. The maximum Gasteiger partial charge on any atom is 0.316 e. The van der Waals surface area contributed by atoms with Crippen molar-refractivity contribution in [2.24, 2.45) is 5.41 Å². The van der Waals surface area contributed by atoms with Gasteiger partial charge in [-0.3, -0.25) is 9.69 Å². The van der Waals surface area contributed by atoms with Crippen LogP contribution in [0.1, 0.15) is 28.8 Å². The number of fused-ring (bicyclic) bond motifs is 5. The smallest absolute Gasteiger partial charge is 0.316 e. The van der Waals surface area contributed by atoms with Gasteiger partial charge in [0.15, 0.2) is 0 Å². The number of carbonyl (C=O) groups is 1. The van der Waals surface area contributed by atoms with Gasteiger partial charge in [-0.25, -0.2) is 0 Å².